The molecule has 19 heavy (non-hydrogen) atoms. The maximum absolute atomic E-state index is 5.76. The molecule has 2 N–H and O–H groups in total. The van der Waals surface area contributed by atoms with Crippen LogP contribution in [0.1, 0.15) is 61.3 Å². The highest BCUT2D eigenvalue weighted by Gasteiger charge is 2.28. The van der Waals surface area contributed by atoms with Crippen molar-refractivity contribution in [2.45, 2.75) is 51.5 Å². The third kappa shape index (κ3) is 2.17. The summed E-state index contributed by atoms with van der Waals surface area (Å²) < 4.78 is 1.84. The summed E-state index contributed by atoms with van der Waals surface area (Å²) in [6.45, 7) is 4.66. The van der Waals surface area contributed by atoms with E-state index in [1.54, 1.807) is 11.3 Å². The molecular weight excluding hydrogens is 260 g/mol. The second kappa shape index (κ2) is 4.97. The van der Waals surface area contributed by atoms with Gasteiger partial charge in [-0.1, -0.05) is 36.8 Å². The van der Waals surface area contributed by atoms with E-state index in [-0.39, 0.29) is 0 Å². The molecule has 0 atom stereocenters. The molecule has 102 valence electrons. The van der Waals surface area contributed by atoms with Gasteiger partial charge in [0, 0.05) is 18.4 Å². The molecule has 2 heterocycles. The molecule has 0 spiro atoms. The summed E-state index contributed by atoms with van der Waals surface area (Å²) in [6.07, 6.45) is 3.65. The van der Waals surface area contributed by atoms with Crippen LogP contribution in [0, 0.1) is 0 Å². The van der Waals surface area contributed by atoms with Crippen molar-refractivity contribution >= 4 is 11.3 Å². The molecule has 0 bridgehead atoms. The van der Waals surface area contributed by atoms with E-state index in [1.165, 1.54) is 19.3 Å². The maximum atomic E-state index is 5.76. The zero-order valence-corrected chi connectivity index (χ0v) is 12.0. The van der Waals surface area contributed by atoms with E-state index < -0.39 is 0 Å². The van der Waals surface area contributed by atoms with Crippen LogP contribution in [0.15, 0.2) is 0 Å². The van der Waals surface area contributed by atoms with Crippen molar-refractivity contribution in [2.24, 2.45) is 5.73 Å². The van der Waals surface area contributed by atoms with Gasteiger partial charge in [0.05, 0.1) is 5.69 Å². The molecule has 1 fully saturated rings. The molecule has 2 aromatic rings. The first-order chi connectivity index (χ1) is 9.20. The van der Waals surface area contributed by atoms with E-state index in [1.807, 2.05) is 4.68 Å². The standard InChI is InChI=1S/C12H18N6S/c1-7(2)11-15-16-12(19-11)18-10(8-4-3-5-8)9(6-13)14-17-18/h7-8H,3-6,13H2,1-2H3. The lowest BCUT2D eigenvalue weighted by molar-refractivity contribution is 0.400. The first kappa shape index (κ1) is 12.7. The van der Waals surface area contributed by atoms with Crippen molar-refractivity contribution in [3.63, 3.8) is 0 Å². The van der Waals surface area contributed by atoms with Crippen LogP contribution in [0.2, 0.25) is 0 Å². The summed E-state index contributed by atoms with van der Waals surface area (Å²) >= 11 is 1.58. The highest BCUT2D eigenvalue weighted by atomic mass is 32.1. The Morgan fingerprint density at radius 3 is 2.63 bits per heavy atom. The Labute approximate surface area is 116 Å². The van der Waals surface area contributed by atoms with Gasteiger partial charge in [-0.15, -0.1) is 15.3 Å². The number of nitrogens with two attached hydrogens (primary N) is 1. The molecule has 0 saturated heterocycles. The lowest BCUT2D eigenvalue weighted by Gasteiger charge is -2.25. The van der Waals surface area contributed by atoms with E-state index >= 15 is 0 Å². The smallest absolute Gasteiger partial charge is 0.234 e. The summed E-state index contributed by atoms with van der Waals surface area (Å²) in [4.78, 5) is 0. The van der Waals surface area contributed by atoms with Crippen molar-refractivity contribution in [1.29, 1.82) is 0 Å². The van der Waals surface area contributed by atoms with Crippen LogP contribution in [0.5, 0.6) is 0 Å². The molecular formula is C12H18N6S. The van der Waals surface area contributed by atoms with Crippen LogP contribution in [-0.2, 0) is 6.54 Å². The lowest BCUT2D eigenvalue weighted by atomic mass is 9.82. The van der Waals surface area contributed by atoms with Gasteiger partial charge in [-0.2, -0.15) is 4.68 Å². The average Bonchev–Trinajstić information content (AvgIpc) is 2.92. The Bertz CT molecular complexity index is 569. The predicted molar refractivity (Wildman–Crippen MR) is 73.4 cm³/mol. The van der Waals surface area contributed by atoms with Crippen molar-refractivity contribution in [3.05, 3.63) is 16.4 Å². The van der Waals surface area contributed by atoms with Crippen molar-refractivity contribution in [3.8, 4) is 5.13 Å². The van der Waals surface area contributed by atoms with Crippen molar-refractivity contribution in [1.82, 2.24) is 25.2 Å². The molecule has 1 saturated carbocycles. The summed E-state index contributed by atoms with van der Waals surface area (Å²) in [5, 5.41) is 18.7. The van der Waals surface area contributed by atoms with Gasteiger partial charge in [0.2, 0.25) is 5.13 Å². The Hall–Kier alpha value is -1.34. The Morgan fingerprint density at radius 1 is 1.32 bits per heavy atom. The predicted octanol–water partition coefficient (Wildman–Crippen LogP) is 1.97. The highest BCUT2D eigenvalue weighted by Crippen LogP contribution is 2.38. The SMILES string of the molecule is CC(C)c1nnc(-n2nnc(CN)c2C2CCC2)s1. The second-order valence-corrected chi connectivity index (χ2v) is 6.23. The number of hydrogen-bond acceptors (Lipinski definition) is 6. The molecule has 2 aromatic heterocycles. The van der Waals surface area contributed by atoms with Gasteiger partial charge in [-0.3, -0.25) is 0 Å². The molecule has 0 unspecified atom stereocenters. The third-order valence-corrected chi connectivity index (χ3v) is 4.77. The number of aromatic nitrogens is 5. The largest absolute Gasteiger partial charge is 0.325 e. The van der Waals surface area contributed by atoms with Crippen LogP contribution in [0.4, 0.5) is 0 Å². The molecule has 3 rings (SSSR count). The van der Waals surface area contributed by atoms with Gasteiger partial charge >= 0.3 is 0 Å². The maximum Gasteiger partial charge on any atom is 0.234 e. The molecule has 7 heteroatoms. The summed E-state index contributed by atoms with van der Waals surface area (Å²) in [7, 11) is 0. The number of hydrogen-bond donors (Lipinski definition) is 1. The van der Waals surface area contributed by atoms with E-state index in [9.17, 15) is 0 Å². The second-order valence-electron chi connectivity index (χ2n) is 5.24. The molecule has 1 aliphatic carbocycles. The zero-order valence-electron chi connectivity index (χ0n) is 11.2. The molecule has 0 aromatic carbocycles. The Balaban J connectivity index is 2.01. The monoisotopic (exact) mass is 278 g/mol. The summed E-state index contributed by atoms with van der Waals surface area (Å²) in [5.74, 6) is 0.913. The molecule has 6 nitrogen and oxygen atoms in total. The topological polar surface area (TPSA) is 82.5 Å². The number of rotatable bonds is 4. The lowest BCUT2D eigenvalue weighted by Crippen LogP contribution is -2.17. The first-order valence-electron chi connectivity index (χ1n) is 6.69. The fraction of sp³-hybridized carbons (Fsp3) is 0.667. The van der Waals surface area contributed by atoms with Gasteiger partial charge < -0.3 is 5.73 Å². The van der Waals surface area contributed by atoms with Crippen LogP contribution >= 0.6 is 11.3 Å². The summed E-state index contributed by atoms with van der Waals surface area (Å²) in [5.41, 5.74) is 7.80. The first-order valence-corrected chi connectivity index (χ1v) is 7.50. The van der Waals surface area contributed by atoms with E-state index in [2.05, 4.69) is 34.4 Å². The molecule has 0 radical (unpaired) electrons. The minimum Gasteiger partial charge on any atom is -0.325 e. The number of nitrogens with zero attached hydrogens (tertiary/aromatic N) is 5. The van der Waals surface area contributed by atoms with Gasteiger partial charge in [-0.05, 0) is 12.8 Å². The molecule has 0 aliphatic heterocycles. The van der Waals surface area contributed by atoms with E-state index in [0.29, 0.717) is 18.4 Å². The minimum absolute atomic E-state index is 0.385. The van der Waals surface area contributed by atoms with Gasteiger partial charge in [0.15, 0.2) is 0 Å². The van der Waals surface area contributed by atoms with Gasteiger partial charge in [0.25, 0.3) is 0 Å². The third-order valence-electron chi connectivity index (χ3n) is 3.57. The quantitative estimate of drug-likeness (QED) is 0.924. The highest BCUT2D eigenvalue weighted by molar-refractivity contribution is 7.13. The van der Waals surface area contributed by atoms with Crippen LogP contribution < -0.4 is 5.73 Å². The Morgan fingerprint density at radius 2 is 2.11 bits per heavy atom. The molecule has 0 amide bonds. The van der Waals surface area contributed by atoms with E-state index in [4.69, 9.17) is 5.73 Å². The van der Waals surface area contributed by atoms with Crippen LogP contribution in [0.25, 0.3) is 5.13 Å². The zero-order chi connectivity index (χ0) is 13.4. The van der Waals surface area contributed by atoms with Gasteiger partial charge in [0.1, 0.15) is 10.7 Å². The fourth-order valence-electron chi connectivity index (χ4n) is 2.24. The van der Waals surface area contributed by atoms with E-state index in [0.717, 1.165) is 21.5 Å². The van der Waals surface area contributed by atoms with Crippen LogP contribution in [-0.4, -0.2) is 25.2 Å². The minimum atomic E-state index is 0.385. The fourth-order valence-corrected chi connectivity index (χ4v) is 3.05. The Kier molecular flexibility index (Phi) is 3.32. The van der Waals surface area contributed by atoms with Crippen molar-refractivity contribution < 1.29 is 0 Å². The average molecular weight is 278 g/mol. The summed E-state index contributed by atoms with van der Waals surface area (Å²) in [6, 6.07) is 0. The van der Waals surface area contributed by atoms with Crippen LogP contribution in [0.3, 0.4) is 0 Å². The van der Waals surface area contributed by atoms with Crippen molar-refractivity contribution in [2.75, 3.05) is 0 Å². The molecule has 1 aliphatic rings. The normalized spacial score (nSPS) is 16.0. The van der Waals surface area contributed by atoms with Gasteiger partial charge in [-0.25, -0.2) is 0 Å².